The van der Waals surface area contributed by atoms with Crippen LogP contribution < -0.4 is 5.73 Å². The third-order valence-corrected chi connectivity index (χ3v) is 1.48. The van der Waals surface area contributed by atoms with Crippen LogP contribution in [0.15, 0.2) is 25.0 Å². The molecule has 0 amide bonds. The van der Waals surface area contributed by atoms with Crippen LogP contribution in [0.5, 0.6) is 0 Å². The number of rotatable bonds is 2. The highest BCUT2D eigenvalue weighted by Gasteiger charge is 2.13. The van der Waals surface area contributed by atoms with Crippen LogP contribution >= 0.6 is 0 Å². The van der Waals surface area contributed by atoms with E-state index in [1.54, 1.807) is 0 Å². The van der Waals surface area contributed by atoms with E-state index in [0.717, 1.165) is 12.4 Å². The van der Waals surface area contributed by atoms with Gasteiger partial charge in [-0.1, -0.05) is 6.08 Å². The summed E-state index contributed by atoms with van der Waals surface area (Å²) in [4.78, 5) is 3.32. The molecule has 1 aromatic rings. The SMILES string of the molecule is C=C[C@H](N)c1c(F)cncc1F. The highest BCUT2D eigenvalue weighted by molar-refractivity contribution is 5.22. The van der Waals surface area contributed by atoms with Crippen LogP contribution in [-0.4, -0.2) is 4.98 Å². The summed E-state index contributed by atoms with van der Waals surface area (Å²) in [5.41, 5.74) is 5.18. The van der Waals surface area contributed by atoms with Crippen molar-refractivity contribution >= 4 is 0 Å². The van der Waals surface area contributed by atoms with Crippen LogP contribution in [-0.2, 0) is 0 Å². The van der Waals surface area contributed by atoms with Gasteiger partial charge in [-0.15, -0.1) is 6.58 Å². The molecule has 1 rings (SSSR count). The molecule has 2 N–H and O–H groups in total. The van der Waals surface area contributed by atoms with Gasteiger partial charge in [-0.05, 0) is 0 Å². The highest BCUT2D eigenvalue weighted by atomic mass is 19.1. The predicted octanol–water partition coefficient (Wildman–Crippen LogP) is 1.55. The van der Waals surface area contributed by atoms with Gasteiger partial charge in [0.15, 0.2) is 0 Å². The van der Waals surface area contributed by atoms with Crippen molar-refractivity contribution in [3.05, 3.63) is 42.2 Å². The molecule has 0 spiro atoms. The minimum atomic E-state index is -0.826. The summed E-state index contributed by atoms with van der Waals surface area (Å²) < 4.78 is 25.7. The molecule has 4 heteroatoms. The number of hydrogen-bond donors (Lipinski definition) is 1. The Balaban J connectivity index is 3.20. The number of aromatic nitrogens is 1. The summed E-state index contributed by atoms with van der Waals surface area (Å²) in [6, 6.07) is -0.826. The molecule has 1 heterocycles. The van der Waals surface area contributed by atoms with E-state index in [0.29, 0.717) is 0 Å². The maximum atomic E-state index is 12.9. The van der Waals surface area contributed by atoms with E-state index >= 15 is 0 Å². The Labute approximate surface area is 68.7 Å². The van der Waals surface area contributed by atoms with Gasteiger partial charge in [0.1, 0.15) is 11.6 Å². The van der Waals surface area contributed by atoms with Gasteiger partial charge in [0.2, 0.25) is 0 Å². The highest BCUT2D eigenvalue weighted by Crippen LogP contribution is 2.17. The molecule has 12 heavy (non-hydrogen) atoms. The molecular weight excluding hydrogens is 162 g/mol. The van der Waals surface area contributed by atoms with Crippen molar-refractivity contribution in [2.24, 2.45) is 5.73 Å². The van der Waals surface area contributed by atoms with Crippen molar-refractivity contribution < 1.29 is 8.78 Å². The summed E-state index contributed by atoms with van der Waals surface area (Å²) in [6.45, 7) is 3.34. The third kappa shape index (κ3) is 1.48. The van der Waals surface area contributed by atoms with E-state index < -0.39 is 17.7 Å². The predicted molar refractivity (Wildman–Crippen MR) is 41.3 cm³/mol. The minimum absolute atomic E-state index is 0.194. The van der Waals surface area contributed by atoms with Crippen LogP contribution in [0.2, 0.25) is 0 Å². The largest absolute Gasteiger partial charge is 0.321 e. The molecule has 0 aliphatic carbocycles. The molecule has 0 bridgehead atoms. The second kappa shape index (κ2) is 3.40. The van der Waals surface area contributed by atoms with E-state index in [9.17, 15) is 8.78 Å². The summed E-state index contributed by atoms with van der Waals surface area (Å²) >= 11 is 0. The molecule has 0 aliphatic heterocycles. The first kappa shape index (κ1) is 8.80. The fourth-order valence-corrected chi connectivity index (χ4v) is 0.858. The second-order valence-electron chi connectivity index (χ2n) is 2.28. The smallest absolute Gasteiger partial charge is 0.149 e. The molecule has 0 aliphatic rings. The van der Waals surface area contributed by atoms with Crippen molar-refractivity contribution in [3.8, 4) is 0 Å². The summed E-state index contributed by atoms with van der Waals surface area (Å²) in [7, 11) is 0. The zero-order chi connectivity index (χ0) is 9.14. The minimum Gasteiger partial charge on any atom is -0.321 e. The first-order chi connectivity index (χ1) is 5.66. The normalized spacial score (nSPS) is 12.6. The van der Waals surface area contributed by atoms with Crippen molar-refractivity contribution in [1.29, 1.82) is 0 Å². The van der Waals surface area contributed by atoms with Gasteiger partial charge in [0.05, 0.1) is 18.4 Å². The van der Waals surface area contributed by atoms with Crippen LogP contribution in [0.1, 0.15) is 11.6 Å². The molecule has 0 aromatic carbocycles. The van der Waals surface area contributed by atoms with E-state index in [1.165, 1.54) is 6.08 Å². The number of nitrogens with zero attached hydrogens (tertiary/aromatic N) is 1. The van der Waals surface area contributed by atoms with Gasteiger partial charge in [-0.3, -0.25) is 4.98 Å². The molecule has 2 nitrogen and oxygen atoms in total. The maximum absolute atomic E-state index is 12.9. The standard InChI is InChI=1S/C8H8F2N2/c1-2-7(11)8-5(9)3-12-4-6(8)10/h2-4,7H,1,11H2/t7-/m0/s1. The number of nitrogens with two attached hydrogens (primary N) is 1. The monoisotopic (exact) mass is 170 g/mol. The van der Waals surface area contributed by atoms with Gasteiger partial charge in [0, 0.05) is 5.56 Å². The zero-order valence-electron chi connectivity index (χ0n) is 6.30. The molecule has 0 fully saturated rings. The Morgan fingerprint density at radius 2 is 1.92 bits per heavy atom. The van der Waals surface area contributed by atoms with E-state index in [4.69, 9.17) is 5.73 Å². The molecule has 0 unspecified atom stereocenters. The van der Waals surface area contributed by atoms with Crippen LogP contribution in [0.3, 0.4) is 0 Å². The van der Waals surface area contributed by atoms with E-state index in [2.05, 4.69) is 11.6 Å². The Morgan fingerprint density at radius 3 is 2.33 bits per heavy atom. The maximum Gasteiger partial charge on any atom is 0.149 e. The fourth-order valence-electron chi connectivity index (χ4n) is 0.858. The average molecular weight is 170 g/mol. The van der Waals surface area contributed by atoms with Crippen LogP contribution in [0.25, 0.3) is 0 Å². The summed E-state index contributed by atoms with van der Waals surface area (Å²) in [6.07, 6.45) is 3.10. The average Bonchev–Trinajstić information content (AvgIpc) is 2.03. The lowest BCUT2D eigenvalue weighted by atomic mass is 10.1. The molecular formula is C8H8F2N2. The topological polar surface area (TPSA) is 38.9 Å². The third-order valence-electron chi connectivity index (χ3n) is 1.48. The van der Waals surface area contributed by atoms with Gasteiger partial charge < -0.3 is 5.73 Å². The summed E-state index contributed by atoms with van der Waals surface area (Å²) in [5.74, 6) is -1.50. The van der Waals surface area contributed by atoms with E-state index in [-0.39, 0.29) is 5.56 Å². The molecule has 1 aromatic heterocycles. The van der Waals surface area contributed by atoms with Crippen molar-refractivity contribution in [1.82, 2.24) is 4.98 Å². The Hall–Kier alpha value is -1.29. The van der Waals surface area contributed by atoms with Gasteiger partial charge in [0.25, 0.3) is 0 Å². The number of halogens is 2. The molecule has 0 saturated heterocycles. The van der Waals surface area contributed by atoms with Gasteiger partial charge in [-0.2, -0.15) is 0 Å². The molecule has 0 saturated carbocycles. The van der Waals surface area contributed by atoms with Crippen molar-refractivity contribution in [3.63, 3.8) is 0 Å². The number of pyridine rings is 1. The Bertz CT molecular complexity index is 279. The van der Waals surface area contributed by atoms with Crippen LogP contribution in [0.4, 0.5) is 8.78 Å². The Morgan fingerprint density at radius 1 is 1.42 bits per heavy atom. The first-order valence-corrected chi connectivity index (χ1v) is 3.34. The van der Waals surface area contributed by atoms with Gasteiger partial charge >= 0.3 is 0 Å². The Kier molecular flexibility index (Phi) is 2.50. The lowest BCUT2D eigenvalue weighted by Crippen LogP contribution is -2.11. The second-order valence-corrected chi connectivity index (χ2v) is 2.28. The lowest BCUT2D eigenvalue weighted by molar-refractivity contribution is 0.537. The quantitative estimate of drug-likeness (QED) is 0.684. The molecule has 64 valence electrons. The molecule has 1 atom stereocenters. The van der Waals surface area contributed by atoms with Crippen LogP contribution in [0, 0.1) is 11.6 Å². The molecule has 0 radical (unpaired) electrons. The summed E-state index contributed by atoms with van der Waals surface area (Å²) in [5, 5.41) is 0. The number of hydrogen-bond acceptors (Lipinski definition) is 2. The zero-order valence-corrected chi connectivity index (χ0v) is 6.30. The fraction of sp³-hybridized carbons (Fsp3) is 0.125. The first-order valence-electron chi connectivity index (χ1n) is 3.34. The van der Waals surface area contributed by atoms with Crippen molar-refractivity contribution in [2.45, 2.75) is 6.04 Å². The lowest BCUT2D eigenvalue weighted by Gasteiger charge is -2.07. The van der Waals surface area contributed by atoms with Crippen molar-refractivity contribution in [2.75, 3.05) is 0 Å². The van der Waals surface area contributed by atoms with Gasteiger partial charge in [-0.25, -0.2) is 8.78 Å². The van der Waals surface area contributed by atoms with E-state index in [1.807, 2.05) is 0 Å².